The van der Waals surface area contributed by atoms with E-state index in [2.05, 4.69) is 24.8 Å². The zero-order valence-electron chi connectivity index (χ0n) is 22.9. The van der Waals surface area contributed by atoms with Crippen molar-refractivity contribution in [3.63, 3.8) is 0 Å². The number of rotatable bonds is 10. The Morgan fingerprint density at radius 1 is 1.08 bits per heavy atom. The van der Waals surface area contributed by atoms with Crippen molar-refractivity contribution < 1.29 is 24.5 Å². The van der Waals surface area contributed by atoms with Crippen LogP contribution in [0.1, 0.15) is 37.8 Å². The van der Waals surface area contributed by atoms with Crippen LogP contribution in [0.2, 0.25) is 0 Å². The molecule has 206 valence electrons. The fourth-order valence-electron chi connectivity index (χ4n) is 5.55. The Bertz CT molecular complexity index is 1260. The number of hydrogen-bond donors (Lipinski definition) is 2. The number of piperidine rings is 1. The molecule has 0 spiro atoms. The summed E-state index contributed by atoms with van der Waals surface area (Å²) in [6, 6.07) is 22.8. The van der Waals surface area contributed by atoms with Gasteiger partial charge in [-0.05, 0) is 71.8 Å². The zero-order chi connectivity index (χ0) is 28.0. The first kappa shape index (κ1) is 28.2. The molecular weight excluding hydrogens is 492 g/mol. The van der Waals surface area contributed by atoms with Gasteiger partial charge in [-0.2, -0.15) is 0 Å². The second kappa shape index (κ2) is 12.3. The van der Waals surface area contributed by atoms with Crippen molar-refractivity contribution in [2.45, 2.75) is 44.6 Å². The number of carboxylic acid groups (broad SMARTS) is 1. The fraction of sp³-hybridized carbons (Fsp3) is 0.375. The normalized spacial score (nSPS) is 20.2. The maximum absolute atomic E-state index is 13.7. The van der Waals surface area contributed by atoms with Crippen molar-refractivity contribution in [3.05, 3.63) is 90.0 Å². The van der Waals surface area contributed by atoms with Crippen LogP contribution < -0.4 is 9.64 Å². The number of aliphatic carboxylic acids is 1. The quantitative estimate of drug-likeness (QED) is 0.378. The average molecular weight is 531 g/mol. The number of carbonyl (C=O) groups is 2. The highest BCUT2D eigenvalue weighted by molar-refractivity contribution is 5.99. The lowest BCUT2D eigenvalue weighted by atomic mass is 9.68. The molecule has 7 nitrogen and oxygen atoms in total. The van der Waals surface area contributed by atoms with Crippen molar-refractivity contribution in [1.29, 1.82) is 0 Å². The Kier molecular flexibility index (Phi) is 8.92. The molecule has 0 saturated carbocycles. The van der Waals surface area contributed by atoms with Crippen LogP contribution in [0.15, 0.2) is 78.9 Å². The summed E-state index contributed by atoms with van der Waals surface area (Å²) in [6.45, 7) is 6.63. The van der Waals surface area contributed by atoms with E-state index in [0.29, 0.717) is 23.9 Å². The van der Waals surface area contributed by atoms with Gasteiger partial charge in [0.1, 0.15) is 17.5 Å². The molecule has 39 heavy (non-hydrogen) atoms. The van der Waals surface area contributed by atoms with Crippen LogP contribution >= 0.6 is 0 Å². The number of anilines is 1. The molecule has 1 amide bonds. The maximum atomic E-state index is 13.7. The zero-order valence-corrected chi connectivity index (χ0v) is 22.9. The molecule has 3 aromatic rings. The summed E-state index contributed by atoms with van der Waals surface area (Å²) >= 11 is 0. The molecule has 1 heterocycles. The van der Waals surface area contributed by atoms with Gasteiger partial charge in [-0.15, -0.1) is 0 Å². The highest BCUT2D eigenvalue weighted by atomic mass is 16.5. The number of likely N-dealkylation sites (tertiary alicyclic amines) is 1. The molecule has 1 saturated heterocycles. The van der Waals surface area contributed by atoms with Crippen LogP contribution in [-0.4, -0.2) is 59.8 Å². The Balaban J connectivity index is 1.49. The summed E-state index contributed by atoms with van der Waals surface area (Å²) < 4.78 is 5.26. The van der Waals surface area contributed by atoms with Crippen LogP contribution in [-0.2, 0) is 21.4 Å². The monoisotopic (exact) mass is 530 g/mol. The number of ether oxygens (including phenoxy) is 1. The van der Waals surface area contributed by atoms with Gasteiger partial charge >= 0.3 is 5.97 Å². The van der Waals surface area contributed by atoms with Crippen molar-refractivity contribution in [2.75, 3.05) is 31.6 Å². The molecule has 3 atom stereocenters. The second-order valence-corrected chi connectivity index (χ2v) is 10.7. The number of benzene rings is 3. The van der Waals surface area contributed by atoms with Crippen molar-refractivity contribution in [3.8, 4) is 11.5 Å². The summed E-state index contributed by atoms with van der Waals surface area (Å²) in [5, 5.41) is 20.2. The van der Waals surface area contributed by atoms with Gasteiger partial charge in [0.25, 0.3) is 0 Å². The van der Waals surface area contributed by atoms with E-state index in [1.807, 2.05) is 42.5 Å². The number of phenols is 1. The minimum Gasteiger partial charge on any atom is -0.508 e. The smallest absolute Gasteiger partial charge is 0.327 e. The number of carboxylic acids is 1. The Morgan fingerprint density at radius 2 is 1.79 bits per heavy atom. The molecule has 0 unspecified atom stereocenters. The number of carbonyl (C=O) groups excluding carboxylic acids is 1. The number of nitrogens with zero attached hydrogens (tertiary/aromatic N) is 2. The van der Waals surface area contributed by atoms with E-state index in [9.17, 15) is 19.8 Å². The van der Waals surface area contributed by atoms with Crippen molar-refractivity contribution in [2.24, 2.45) is 5.92 Å². The fourth-order valence-corrected chi connectivity index (χ4v) is 5.55. The minimum absolute atomic E-state index is 0.0710. The molecule has 0 aliphatic carbocycles. The summed E-state index contributed by atoms with van der Waals surface area (Å²) in [5.41, 5.74) is 2.44. The SMILES string of the molecule is COc1ccc(N(C(=O)CCN2CC[C@@](C)(c3cccc(O)c3)[C@@H](C)C2)[C@@H](Cc2ccccc2)C(=O)O)cc1. The van der Waals surface area contributed by atoms with E-state index in [-0.39, 0.29) is 29.9 Å². The van der Waals surface area contributed by atoms with Gasteiger partial charge in [-0.3, -0.25) is 9.69 Å². The van der Waals surface area contributed by atoms with Gasteiger partial charge < -0.3 is 19.8 Å². The third kappa shape index (κ3) is 6.60. The van der Waals surface area contributed by atoms with Gasteiger partial charge in [0.2, 0.25) is 5.91 Å². The Labute approximate surface area is 230 Å². The highest BCUT2D eigenvalue weighted by Gasteiger charge is 2.38. The first-order chi connectivity index (χ1) is 18.7. The third-order valence-corrected chi connectivity index (χ3v) is 8.20. The lowest BCUT2D eigenvalue weighted by Crippen LogP contribution is -2.50. The first-order valence-corrected chi connectivity index (χ1v) is 13.5. The standard InChI is InChI=1S/C32H38N2O5/c1-23-22-33(19-17-32(23,2)25-10-7-11-27(35)21-25)18-16-30(36)34(26-12-14-28(39-3)15-13-26)29(31(37)38)20-24-8-5-4-6-9-24/h4-15,21,23,29,35H,16-20,22H2,1-3H3,(H,37,38)/t23-,29-,32+/m0/s1. The molecule has 7 heteroatoms. The largest absolute Gasteiger partial charge is 0.508 e. The molecular formula is C32H38N2O5. The summed E-state index contributed by atoms with van der Waals surface area (Å²) in [4.78, 5) is 29.9. The molecule has 3 aromatic carbocycles. The second-order valence-electron chi connectivity index (χ2n) is 10.7. The van der Waals surface area contributed by atoms with Gasteiger partial charge in [0, 0.05) is 31.6 Å². The highest BCUT2D eigenvalue weighted by Crippen LogP contribution is 2.40. The van der Waals surface area contributed by atoms with E-state index in [4.69, 9.17) is 4.74 Å². The lowest BCUT2D eigenvalue weighted by molar-refractivity contribution is -0.140. The van der Waals surface area contributed by atoms with Crippen LogP contribution in [0.4, 0.5) is 5.69 Å². The topological polar surface area (TPSA) is 90.3 Å². The third-order valence-electron chi connectivity index (χ3n) is 8.20. The molecule has 0 aromatic heterocycles. The van der Waals surface area contributed by atoms with Gasteiger partial charge in [0.05, 0.1) is 7.11 Å². The number of phenolic OH excluding ortho intramolecular Hbond substituents is 1. The van der Waals surface area contributed by atoms with Crippen LogP contribution in [0.3, 0.4) is 0 Å². The summed E-state index contributed by atoms with van der Waals surface area (Å²) in [7, 11) is 1.57. The van der Waals surface area contributed by atoms with Gasteiger partial charge in [0.15, 0.2) is 0 Å². The molecule has 0 bridgehead atoms. The molecule has 4 rings (SSSR count). The summed E-state index contributed by atoms with van der Waals surface area (Å²) in [5.74, 6) is -0.0473. The van der Waals surface area contributed by atoms with E-state index in [0.717, 1.165) is 30.6 Å². The number of amides is 1. The molecule has 1 fully saturated rings. The Morgan fingerprint density at radius 3 is 2.41 bits per heavy atom. The minimum atomic E-state index is -1.04. The van der Waals surface area contributed by atoms with Crippen molar-refractivity contribution in [1.82, 2.24) is 4.90 Å². The summed E-state index contributed by atoms with van der Waals surface area (Å²) in [6.07, 6.45) is 1.32. The average Bonchev–Trinajstić information content (AvgIpc) is 2.94. The number of methoxy groups -OCH3 is 1. The maximum Gasteiger partial charge on any atom is 0.327 e. The van der Waals surface area contributed by atoms with Crippen LogP contribution in [0, 0.1) is 5.92 Å². The first-order valence-electron chi connectivity index (χ1n) is 13.5. The molecule has 0 radical (unpaired) electrons. The van der Waals surface area contributed by atoms with Gasteiger partial charge in [-0.25, -0.2) is 4.79 Å². The predicted octanol–water partition coefficient (Wildman–Crippen LogP) is 5.12. The van der Waals surface area contributed by atoms with Crippen molar-refractivity contribution >= 4 is 17.6 Å². The predicted molar refractivity (Wildman–Crippen MR) is 152 cm³/mol. The molecule has 1 aliphatic heterocycles. The Hall–Kier alpha value is -3.84. The van der Waals surface area contributed by atoms with Crippen LogP contribution in [0.5, 0.6) is 11.5 Å². The number of aromatic hydroxyl groups is 1. The van der Waals surface area contributed by atoms with E-state index < -0.39 is 12.0 Å². The van der Waals surface area contributed by atoms with E-state index >= 15 is 0 Å². The molecule has 2 N–H and O–H groups in total. The van der Waals surface area contributed by atoms with Gasteiger partial charge in [-0.1, -0.05) is 56.3 Å². The lowest BCUT2D eigenvalue weighted by Gasteiger charge is -2.45. The van der Waals surface area contributed by atoms with Crippen LogP contribution in [0.25, 0.3) is 0 Å². The number of hydrogen-bond acceptors (Lipinski definition) is 5. The van der Waals surface area contributed by atoms with E-state index in [1.165, 1.54) is 4.90 Å². The molecule has 1 aliphatic rings. The van der Waals surface area contributed by atoms with E-state index in [1.54, 1.807) is 37.4 Å².